The van der Waals surface area contributed by atoms with E-state index >= 15 is 4.39 Å². The molecule has 0 atom stereocenters. The number of hydrogen-bond acceptors (Lipinski definition) is 10. The Hall–Kier alpha value is -5.50. The van der Waals surface area contributed by atoms with E-state index in [2.05, 4.69) is 59.2 Å². The van der Waals surface area contributed by atoms with Crippen molar-refractivity contribution in [3.8, 4) is 11.4 Å². The third-order valence-corrected chi connectivity index (χ3v) is 16.0. The highest BCUT2D eigenvalue weighted by Gasteiger charge is 2.28. The monoisotopic (exact) mass is 1040 g/mol. The molecule has 16 nitrogen and oxygen atoms in total. The van der Waals surface area contributed by atoms with Crippen LogP contribution in [0.1, 0.15) is 37.8 Å². The van der Waals surface area contributed by atoms with E-state index in [1.54, 1.807) is 32.0 Å². The van der Waals surface area contributed by atoms with Gasteiger partial charge in [0.25, 0.3) is 0 Å². The summed E-state index contributed by atoms with van der Waals surface area (Å²) in [5.74, 6) is -1.98. The number of fused-ring (bicyclic) bond motifs is 4. The fourth-order valence-electron chi connectivity index (χ4n) is 8.38. The fourth-order valence-corrected chi connectivity index (χ4v) is 10.0. The Balaban J connectivity index is 0.000000163. The molecule has 0 saturated carbocycles. The fraction of sp³-hybridized carbons (Fsp3) is 0.458. The molecule has 0 N–H and O–H groups in total. The SMILES string of the molecule is C[Si](C)(C)CCOCn1c(=O)n(C2CCOCC2)c2nc(-c3cnc4ccc(F)cn34)c(F)cc21.C[Si](C)(C)CCOCn1c(=O)n(C2CCOCC2)c2nc(Cl)c(F)cc21.Fc1ccc2nccn2c1. The van der Waals surface area contributed by atoms with Crippen LogP contribution >= 0.6 is 11.6 Å². The van der Waals surface area contributed by atoms with E-state index in [9.17, 15) is 22.8 Å². The molecular formula is C48H59ClF4N10O6Si2. The lowest BCUT2D eigenvalue weighted by molar-refractivity contribution is 0.0667. The number of ether oxygens (including phenoxy) is 4. The standard InChI is InChI=1S/C24H29F2N5O3Si.C17H25ClFN3O3Si.C7H5FN2/c1-35(2,3)11-10-34-15-30-19-12-18(26)22(20-13-27-21-5-4-16(25)14-29(20)21)28-23(19)31(24(30)32)17-6-8-33-9-7-17;1-26(2,3)9-8-25-11-21-14-10-13(19)15(18)20-16(14)22(17(21)23)12-4-6-24-7-5-12;8-6-1-2-7-9-3-4-10(7)5-6/h4-5,12-14,17H,6-11,15H2,1-3H3;10,12H,4-9,11H2,1-3H3;1-5H. The molecule has 23 heteroatoms. The largest absolute Gasteiger partial charge is 0.381 e. The number of halogens is 5. The molecular weight excluding hydrogens is 980 g/mol. The lowest BCUT2D eigenvalue weighted by Gasteiger charge is -2.23. The molecule has 10 heterocycles. The average Bonchev–Trinajstić information content (AvgIpc) is 4.09. The van der Waals surface area contributed by atoms with Gasteiger partial charge in [-0.3, -0.25) is 22.7 Å². The van der Waals surface area contributed by atoms with Crippen LogP contribution in [-0.2, 0) is 32.4 Å². The minimum Gasteiger partial charge on any atom is -0.381 e. The normalized spacial score (nSPS) is 15.1. The van der Waals surface area contributed by atoms with E-state index in [1.807, 2.05) is 0 Å². The summed E-state index contributed by atoms with van der Waals surface area (Å²) in [6.07, 6.45) is 10.2. The molecule has 0 amide bonds. The third-order valence-electron chi connectivity index (χ3n) is 12.4. The van der Waals surface area contributed by atoms with Crippen molar-refractivity contribution in [2.24, 2.45) is 0 Å². The Morgan fingerprint density at radius 3 is 1.73 bits per heavy atom. The number of hydrogen-bond donors (Lipinski definition) is 0. The number of pyridine rings is 4. The van der Waals surface area contributed by atoms with Crippen LogP contribution in [0.5, 0.6) is 0 Å². The summed E-state index contributed by atoms with van der Waals surface area (Å²) in [5.41, 5.74) is 2.59. The van der Waals surface area contributed by atoms with Crippen LogP contribution in [0, 0.1) is 23.3 Å². The van der Waals surface area contributed by atoms with Gasteiger partial charge in [-0.25, -0.2) is 47.1 Å². The van der Waals surface area contributed by atoms with E-state index in [0.29, 0.717) is 99.0 Å². The van der Waals surface area contributed by atoms with Crippen molar-refractivity contribution in [3.05, 3.63) is 117 Å². The Kier molecular flexibility index (Phi) is 16.1. The second-order valence-corrected chi connectivity index (χ2v) is 31.7. The zero-order valence-corrected chi connectivity index (χ0v) is 43.5. The molecule has 8 aromatic heterocycles. The molecule has 2 aliphatic rings. The van der Waals surface area contributed by atoms with Crippen LogP contribution in [0.3, 0.4) is 0 Å². The zero-order valence-electron chi connectivity index (χ0n) is 40.7. The van der Waals surface area contributed by atoms with Crippen molar-refractivity contribution in [2.75, 3.05) is 39.6 Å². The highest BCUT2D eigenvalue weighted by Crippen LogP contribution is 2.30. The zero-order chi connectivity index (χ0) is 50.6. The molecule has 2 aliphatic heterocycles. The van der Waals surface area contributed by atoms with Crippen molar-refractivity contribution in [2.45, 2.75) is 103 Å². The minimum absolute atomic E-state index is 0.00760. The van der Waals surface area contributed by atoms with E-state index in [4.69, 9.17) is 30.5 Å². The van der Waals surface area contributed by atoms with Gasteiger partial charge in [0.05, 0.1) is 22.9 Å². The second kappa shape index (κ2) is 22.1. The van der Waals surface area contributed by atoms with Gasteiger partial charge >= 0.3 is 11.4 Å². The van der Waals surface area contributed by atoms with E-state index < -0.39 is 33.6 Å². The van der Waals surface area contributed by atoms with Crippen LogP contribution < -0.4 is 11.4 Å². The average molecular weight is 1040 g/mol. The van der Waals surface area contributed by atoms with Gasteiger partial charge in [-0.2, -0.15) is 0 Å². The Morgan fingerprint density at radius 1 is 0.676 bits per heavy atom. The predicted molar refractivity (Wildman–Crippen MR) is 269 cm³/mol. The van der Waals surface area contributed by atoms with Gasteiger partial charge in [0, 0.05) is 105 Å². The van der Waals surface area contributed by atoms with E-state index in [1.165, 1.54) is 62.5 Å². The number of rotatable bonds is 13. The van der Waals surface area contributed by atoms with Gasteiger partial charge in [-0.05, 0) is 62.0 Å². The first-order chi connectivity index (χ1) is 33.9. The molecule has 2 saturated heterocycles. The van der Waals surface area contributed by atoms with Crippen LogP contribution in [-0.4, -0.2) is 103 Å². The van der Waals surface area contributed by atoms with Crippen molar-refractivity contribution in [3.63, 3.8) is 0 Å². The number of nitrogens with zero attached hydrogens (tertiary/aromatic N) is 10. The molecule has 10 rings (SSSR count). The molecule has 0 spiro atoms. The molecule has 0 unspecified atom stereocenters. The molecule has 380 valence electrons. The minimum atomic E-state index is -1.30. The molecule has 0 aromatic carbocycles. The maximum absolute atomic E-state index is 15.4. The topological polar surface area (TPSA) is 151 Å². The van der Waals surface area contributed by atoms with E-state index in [-0.39, 0.29) is 53.6 Å². The summed E-state index contributed by atoms with van der Waals surface area (Å²) >= 11 is 5.88. The molecule has 0 aliphatic carbocycles. The summed E-state index contributed by atoms with van der Waals surface area (Å²) < 4.78 is 87.5. The molecule has 0 bridgehead atoms. The maximum atomic E-state index is 15.4. The van der Waals surface area contributed by atoms with Crippen molar-refractivity contribution in [1.82, 2.24) is 47.0 Å². The summed E-state index contributed by atoms with van der Waals surface area (Å²) in [6, 6.07) is 10.2. The summed E-state index contributed by atoms with van der Waals surface area (Å²) in [7, 11) is -2.52. The summed E-state index contributed by atoms with van der Waals surface area (Å²) in [6.45, 7) is 17.0. The Labute approximate surface area is 413 Å². The first-order valence-electron chi connectivity index (χ1n) is 23.7. The van der Waals surface area contributed by atoms with Crippen molar-refractivity contribution >= 4 is 61.4 Å². The first kappa shape index (κ1) is 51.8. The van der Waals surface area contributed by atoms with Crippen LogP contribution in [0.2, 0.25) is 56.5 Å². The van der Waals surface area contributed by atoms with Crippen LogP contribution in [0.25, 0.3) is 45.0 Å². The third kappa shape index (κ3) is 12.2. The quantitative estimate of drug-likeness (QED) is 0.0473. The summed E-state index contributed by atoms with van der Waals surface area (Å²) in [5, 5.41) is -0.227. The van der Waals surface area contributed by atoms with Gasteiger partial charge in [0.1, 0.15) is 42.1 Å². The van der Waals surface area contributed by atoms with Crippen LogP contribution in [0.15, 0.2) is 77.0 Å². The first-order valence-corrected chi connectivity index (χ1v) is 31.5. The van der Waals surface area contributed by atoms with Gasteiger partial charge in [-0.1, -0.05) is 50.9 Å². The molecule has 0 radical (unpaired) electrons. The summed E-state index contributed by atoms with van der Waals surface area (Å²) in [4.78, 5) is 43.5. The van der Waals surface area contributed by atoms with Crippen LogP contribution in [0.4, 0.5) is 17.6 Å². The Morgan fingerprint density at radius 2 is 1.18 bits per heavy atom. The highest BCUT2D eigenvalue weighted by molar-refractivity contribution is 6.76. The Bertz CT molecular complexity index is 3260. The highest BCUT2D eigenvalue weighted by atomic mass is 35.5. The van der Waals surface area contributed by atoms with E-state index in [0.717, 1.165) is 17.7 Å². The number of imidazole rings is 4. The lowest BCUT2D eigenvalue weighted by Crippen LogP contribution is -2.31. The van der Waals surface area contributed by atoms with Gasteiger partial charge in [0.15, 0.2) is 28.1 Å². The van der Waals surface area contributed by atoms with Crippen molar-refractivity contribution < 1.29 is 36.5 Å². The molecule has 8 aromatic rings. The van der Waals surface area contributed by atoms with Crippen molar-refractivity contribution in [1.29, 1.82) is 0 Å². The lowest BCUT2D eigenvalue weighted by atomic mass is 10.1. The van der Waals surface area contributed by atoms with Gasteiger partial charge in [0.2, 0.25) is 0 Å². The van der Waals surface area contributed by atoms with Gasteiger partial charge < -0.3 is 23.3 Å². The molecule has 71 heavy (non-hydrogen) atoms. The smallest absolute Gasteiger partial charge is 0.332 e. The maximum Gasteiger partial charge on any atom is 0.332 e. The molecule has 2 fully saturated rings. The van der Waals surface area contributed by atoms with Gasteiger partial charge in [-0.15, -0.1) is 0 Å². The number of aromatic nitrogens is 10. The second-order valence-electron chi connectivity index (χ2n) is 20.1. The predicted octanol–water partition coefficient (Wildman–Crippen LogP) is 9.58.